The minimum atomic E-state index is -0.650. The van der Waals surface area contributed by atoms with E-state index in [1.54, 1.807) is 24.3 Å². The number of nitrogens with one attached hydrogen (secondary N) is 1. The van der Waals surface area contributed by atoms with Gasteiger partial charge in [-0.3, -0.25) is 4.90 Å². The summed E-state index contributed by atoms with van der Waals surface area (Å²) in [6.45, 7) is 2.33. The highest BCUT2D eigenvalue weighted by Gasteiger charge is 2.23. The second-order valence-corrected chi connectivity index (χ2v) is 5.90. The number of anilines is 2. The number of tetrazole rings is 1. The maximum Gasteiger partial charge on any atom is 0.324 e. The molecule has 0 fully saturated rings. The number of primary amides is 1. The molecule has 2 amide bonds. The zero-order chi connectivity index (χ0) is 17.8. The summed E-state index contributed by atoms with van der Waals surface area (Å²) in [6, 6.07) is 11.9. The first kappa shape index (κ1) is 16.9. The molecule has 25 heavy (non-hydrogen) atoms. The second kappa shape index (κ2) is 7.31. The quantitative estimate of drug-likeness (QED) is 0.680. The zero-order valence-corrected chi connectivity index (χ0v) is 14.9. The number of benzene rings is 2. The lowest BCUT2D eigenvalue weighted by Gasteiger charge is -2.25. The number of nitrogens with two attached hydrogens (primary N) is 1. The molecule has 8 nitrogen and oxygen atoms in total. The van der Waals surface area contributed by atoms with Crippen LogP contribution >= 0.6 is 15.9 Å². The minimum absolute atomic E-state index is 0.413. The molecule has 0 spiro atoms. The Morgan fingerprint density at radius 2 is 2.08 bits per heavy atom. The second-order valence-electron chi connectivity index (χ2n) is 4.99. The predicted molar refractivity (Wildman–Crippen MR) is 96.6 cm³/mol. The summed E-state index contributed by atoms with van der Waals surface area (Å²) in [7, 11) is 0. The van der Waals surface area contributed by atoms with Gasteiger partial charge in [0.15, 0.2) is 5.82 Å². The fraction of sp³-hybridized carbons (Fsp3) is 0.125. The van der Waals surface area contributed by atoms with Crippen LogP contribution in [0.25, 0.3) is 11.4 Å². The minimum Gasteiger partial charge on any atom is -0.492 e. The van der Waals surface area contributed by atoms with Gasteiger partial charge < -0.3 is 10.5 Å². The highest BCUT2D eigenvalue weighted by Crippen LogP contribution is 2.39. The van der Waals surface area contributed by atoms with Crippen molar-refractivity contribution in [3.05, 3.63) is 46.9 Å². The van der Waals surface area contributed by atoms with E-state index in [4.69, 9.17) is 10.5 Å². The Morgan fingerprint density at radius 1 is 1.28 bits per heavy atom. The van der Waals surface area contributed by atoms with Gasteiger partial charge in [-0.1, -0.05) is 28.1 Å². The normalized spacial score (nSPS) is 10.5. The summed E-state index contributed by atoms with van der Waals surface area (Å²) < 4.78 is 6.45. The molecule has 0 saturated carbocycles. The van der Waals surface area contributed by atoms with Gasteiger partial charge in [-0.05, 0) is 47.7 Å². The van der Waals surface area contributed by atoms with Crippen molar-refractivity contribution in [1.29, 1.82) is 0 Å². The number of halogens is 1. The van der Waals surface area contributed by atoms with Gasteiger partial charge in [0.05, 0.1) is 18.0 Å². The molecule has 0 unspecified atom stereocenters. The first-order chi connectivity index (χ1) is 12.1. The number of H-pyrrole nitrogens is 1. The van der Waals surface area contributed by atoms with Gasteiger partial charge >= 0.3 is 6.03 Å². The Balaban J connectivity index is 2.20. The third kappa shape index (κ3) is 3.45. The van der Waals surface area contributed by atoms with E-state index >= 15 is 0 Å². The lowest BCUT2D eigenvalue weighted by molar-refractivity contribution is 0.255. The van der Waals surface area contributed by atoms with Crippen molar-refractivity contribution in [3.8, 4) is 17.1 Å². The van der Waals surface area contributed by atoms with Gasteiger partial charge in [-0.2, -0.15) is 0 Å². The van der Waals surface area contributed by atoms with Crippen LogP contribution in [0.3, 0.4) is 0 Å². The van der Waals surface area contributed by atoms with Crippen LogP contribution in [0, 0.1) is 0 Å². The summed E-state index contributed by atoms with van der Waals surface area (Å²) in [5.74, 6) is 0.963. The molecule has 9 heteroatoms. The van der Waals surface area contributed by atoms with E-state index in [1.165, 1.54) is 4.90 Å². The fourth-order valence-corrected chi connectivity index (χ4v) is 2.81. The molecule has 2 aromatic carbocycles. The van der Waals surface area contributed by atoms with Gasteiger partial charge in [0.25, 0.3) is 0 Å². The van der Waals surface area contributed by atoms with Crippen LogP contribution < -0.4 is 15.4 Å². The third-order valence-corrected chi connectivity index (χ3v) is 3.92. The Bertz CT molecular complexity index is 884. The number of nitrogens with zero attached hydrogens (tertiary/aromatic N) is 4. The van der Waals surface area contributed by atoms with Crippen LogP contribution in [-0.2, 0) is 0 Å². The molecule has 0 saturated heterocycles. The zero-order valence-electron chi connectivity index (χ0n) is 13.3. The average molecular weight is 403 g/mol. The number of para-hydroxylation sites is 2. The van der Waals surface area contributed by atoms with E-state index in [0.29, 0.717) is 35.1 Å². The molecule has 1 heterocycles. The van der Waals surface area contributed by atoms with Crippen molar-refractivity contribution in [2.24, 2.45) is 5.73 Å². The molecule has 1 aromatic heterocycles. The number of aromatic amines is 1. The number of amides is 2. The molecule has 0 aliphatic heterocycles. The number of hydrogen-bond acceptors (Lipinski definition) is 5. The standard InChI is InChI=1S/C16H15BrN6O2/c1-2-25-14-6-4-3-5-13(14)23(16(18)24)12-8-7-10(17)9-11(12)15-19-21-22-20-15/h3-9H,2H2,1H3,(H2,18,24)(H,19,20,21,22). The number of ether oxygens (including phenoxy) is 1. The van der Waals surface area contributed by atoms with Gasteiger partial charge in [0.1, 0.15) is 5.75 Å². The molecular weight excluding hydrogens is 388 g/mol. The van der Waals surface area contributed by atoms with Gasteiger partial charge in [0.2, 0.25) is 0 Å². The van der Waals surface area contributed by atoms with Crippen molar-refractivity contribution in [2.75, 3.05) is 11.5 Å². The van der Waals surface area contributed by atoms with E-state index < -0.39 is 6.03 Å². The number of aromatic nitrogens is 4. The molecule has 3 N–H and O–H groups in total. The summed E-state index contributed by atoms with van der Waals surface area (Å²) in [5.41, 5.74) is 7.36. The topological polar surface area (TPSA) is 110 Å². The largest absolute Gasteiger partial charge is 0.492 e. The van der Waals surface area contributed by atoms with Crippen LogP contribution in [0.4, 0.5) is 16.2 Å². The molecule has 0 bridgehead atoms. The molecular formula is C16H15BrN6O2. The smallest absolute Gasteiger partial charge is 0.324 e. The van der Waals surface area contributed by atoms with Crippen molar-refractivity contribution in [3.63, 3.8) is 0 Å². The number of rotatable bonds is 5. The molecule has 0 aliphatic carbocycles. The average Bonchev–Trinajstić information content (AvgIpc) is 3.12. The fourth-order valence-electron chi connectivity index (χ4n) is 2.45. The van der Waals surface area contributed by atoms with Gasteiger partial charge in [0, 0.05) is 10.0 Å². The van der Waals surface area contributed by atoms with Crippen molar-refractivity contribution in [2.45, 2.75) is 6.92 Å². The van der Waals surface area contributed by atoms with Crippen molar-refractivity contribution < 1.29 is 9.53 Å². The Kier molecular flexibility index (Phi) is 4.94. The number of urea groups is 1. The van der Waals surface area contributed by atoms with Crippen LogP contribution in [0.2, 0.25) is 0 Å². The lowest BCUT2D eigenvalue weighted by Crippen LogP contribution is -2.32. The summed E-state index contributed by atoms with van der Waals surface area (Å²) in [5, 5.41) is 13.8. The van der Waals surface area contributed by atoms with Crippen molar-refractivity contribution >= 4 is 33.3 Å². The van der Waals surface area contributed by atoms with E-state index in [1.807, 2.05) is 25.1 Å². The molecule has 3 aromatic rings. The van der Waals surface area contributed by atoms with Crippen LogP contribution in [0.1, 0.15) is 6.92 Å². The maximum atomic E-state index is 12.3. The van der Waals surface area contributed by atoms with Gasteiger partial charge in [-0.25, -0.2) is 9.89 Å². The summed E-state index contributed by atoms with van der Waals surface area (Å²) in [6.07, 6.45) is 0. The van der Waals surface area contributed by atoms with E-state index in [0.717, 1.165) is 4.47 Å². The highest BCUT2D eigenvalue weighted by atomic mass is 79.9. The number of carbonyl (C=O) groups excluding carboxylic acids is 1. The molecule has 0 aliphatic rings. The number of carbonyl (C=O) groups is 1. The van der Waals surface area contributed by atoms with E-state index in [2.05, 4.69) is 36.6 Å². The lowest BCUT2D eigenvalue weighted by atomic mass is 10.1. The third-order valence-electron chi connectivity index (χ3n) is 3.43. The first-order valence-electron chi connectivity index (χ1n) is 7.47. The van der Waals surface area contributed by atoms with Crippen LogP contribution in [-0.4, -0.2) is 33.3 Å². The van der Waals surface area contributed by atoms with Crippen LogP contribution in [0.5, 0.6) is 5.75 Å². The summed E-state index contributed by atoms with van der Waals surface area (Å²) in [4.78, 5) is 13.7. The molecule has 0 atom stereocenters. The van der Waals surface area contributed by atoms with E-state index in [-0.39, 0.29) is 0 Å². The molecule has 128 valence electrons. The molecule has 0 radical (unpaired) electrons. The Hall–Kier alpha value is -2.94. The maximum absolute atomic E-state index is 12.3. The number of hydrogen-bond donors (Lipinski definition) is 2. The highest BCUT2D eigenvalue weighted by molar-refractivity contribution is 9.10. The SMILES string of the molecule is CCOc1ccccc1N(C(N)=O)c1ccc(Br)cc1-c1nnn[nH]1. The monoisotopic (exact) mass is 402 g/mol. The summed E-state index contributed by atoms with van der Waals surface area (Å²) >= 11 is 3.42. The van der Waals surface area contributed by atoms with Crippen molar-refractivity contribution in [1.82, 2.24) is 20.6 Å². The van der Waals surface area contributed by atoms with E-state index in [9.17, 15) is 4.79 Å². The van der Waals surface area contributed by atoms with Gasteiger partial charge in [-0.15, -0.1) is 5.10 Å². The first-order valence-corrected chi connectivity index (χ1v) is 8.26. The van der Waals surface area contributed by atoms with Crippen LogP contribution in [0.15, 0.2) is 46.9 Å². The predicted octanol–water partition coefficient (Wildman–Crippen LogP) is 3.24. The Labute approximate surface area is 152 Å². The Morgan fingerprint density at radius 3 is 2.76 bits per heavy atom. The molecule has 3 rings (SSSR count).